The molecule has 0 unspecified atom stereocenters. The van der Waals surface area contributed by atoms with E-state index in [0.29, 0.717) is 41.1 Å². The number of nitrogens with zero attached hydrogens (tertiary/aromatic N) is 7. The first-order valence-electron chi connectivity index (χ1n) is 11.4. The van der Waals surface area contributed by atoms with Crippen LogP contribution in [0.2, 0.25) is 0 Å². The topological polar surface area (TPSA) is 112 Å². The van der Waals surface area contributed by atoms with E-state index >= 15 is 0 Å². The van der Waals surface area contributed by atoms with Crippen molar-refractivity contribution in [3.8, 4) is 22.7 Å². The molecule has 5 heterocycles. The third-order valence-electron chi connectivity index (χ3n) is 5.90. The van der Waals surface area contributed by atoms with Crippen LogP contribution in [0.15, 0.2) is 67.2 Å². The Kier molecular flexibility index (Phi) is 5.83. The summed E-state index contributed by atoms with van der Waals surface area (Å²) >= 11 is 1.50. The molecule has 5 aromatic rings. The number of hydrogen-bond acceptors (Lipinski definition) is 10. The molecule has 0 saturated carbocycles. The first kappa shape index (κ1) is 21.7. The number of benzene rings is 1. The lowest BCUT2D eigenvalue weighted by Gasteiger charge is -2.17. The Hall–Kier alpha value is -3.86. The van der Waals surface area contributed by atoms with Gasteiger partial charge in [0.05, 0.1) is 18.6 Å². The Morgan fingerprint density at radius 1 is 0.971 bits per heavy atom. The maximum absolute atomic E-state index is 6.02. The standard InChI is InChI=1S/C24H23N7O3S/c1-16-20(21(29-34-16)17-8-3-2-4-9-17)22-26-25-19(33-22)15-35-24-28-27-23(30-11-5-6-12-30)31(24)14-18-10-7-13-32-18/h2-4,7-10,13H,5-6,11-12,14-15H2,1H3. The van der Waals surface area contributed by atoms with Crippen LogP contribution in [0.4, 0.5) is 5.95 Å². The highest BCUT2D eigenvalue weighted by molar-refractivity contribution is 7.98. The van der Waals surface area contributed by atoms with Gasteiger partial charge in [-0.3, -0.25) is 4.57 Å². The van der Waals surface area contributed by atoms with Crippen molar-refractivity contribution in [2.24, 2.45) is 0 Å². The molecule has 0 bridgehead atoms. The van der Waals surface area contributed by atoms with Gasteiger partial charge in [0.2, 0.25) is 11.8 Å². The van der Waals surface area contributed by atoms with E-state index in [1.54, 1.807) is 6.26 Å². The predicted molar refractivity (Wildman–Crippen MR) is 129 cm³/mol. The van der Waals surface area contributed by atoms with Gasteiger partial charge >= 0.3 is 0 Å². The predicted octanol–water partition coefficient (Wildman–Crippen LogP) is 4.83. The molecule has 1 aliphatic rings. The number of hydrogen-bond donors (Lipinski definition) is 0. The molecule has 0 amide bonds. The number of thioether (sulfide) groups is 1. The Morgan fingerprint density at radius 2 is 1.83 bits per heavy atom. The average molecular weight is 490 g/mol. The summed E-state index contributed by atoms with van der Waals surface area (Å²) in [5.41, 5.74) is 2.31. The highest BCUT2D eigenvalue weighted by Gasteiger charge is 2.24. The summed E-state index contributed by atoms with van der Waals surface area (Å²) in [4.78, 5) is 2.27. The van der Waals surface area contributed by atoms with Crippen LogP contribution in [-0.2, 0) is 12.3 Å². The van der Waals surface area contributed by atoms with Gasteiger partial charge in [-0.2, -0.15) is 0 Å². The zero-order chi connectivity index (χ0) is 23.6. The van der Waals surface area contributed by atoms with Crippen LogP contribution >= 0.6 is 11.8 Å². The van der Waals surface area contributed by atoms with Crippen molar-refractivity contribution in [2.75, 3.05) is 18.0 Å². The molecular weight excluding hydrogens is 466 g/mol. The average Bonchev–Trinajstić information content (AvgIpc) is 3.70. The minimum atomic E-state index is 0.382. The van der Waals surface area contributed by atoms with E-state index in [0.717, 1.165) is 48.4 Å². The molecule has 0 atom stereocenters. The minimum Gasteiger partial charge on any atom is -0.467 e. The molecule has 6 rings (SSSR count). The van der Waals surface area contributed by atoms with Crippen molar-refractivity contribution in [3.05, 3.63) is 66.1 Å². The van der Waals surface area contributed by atoms with Gasteiger partial charge in [0.25, 0.3) is 5.89 Å². The Morgan fingerprint density at radius 3 is 2.63 bits per heavy atom. The lowest BCUT2D eigenvalue weighted by molar-refractivity contribution is 0.399. The van der Waals surface area contributed by atoms with E-state index < -0.39 is 0 Å². The lowest BCUT2D eigenvalue weighted by Crippen LogP contribution is -2.22. The molecule has 1 saturated heterocycles. The highest BCUT2D eigenvalue weighted by atomic mass is 32.2. The molecule has 4 aromatic heterocycles. The van der Waals surface area contributed by atoms with Crippen LogP contribution in [0.1, 0.15) is 30.3 Å². The van der Waals surface area contributed by atoms with Crippen molar-refractivity contribution >= 4 is 17.7 Å². The fourth-order valence-corrected chi connectivity index (χ4v) is 4.96. The number of aryl methyl sites for hydroxylation is 1. The summed E-state index contributed by atoms with van der Waals surface area (Å²) in [6.45, 7) is 4.36. The van der Waals surface area contributed by atoms with Crippen LogP contribution in [0.3, 0.4) is 0 Å². The van der Waals surface area contributed by atoms with E-state index in [-0.39, 0.29) is 0 Å². The van der Waals surface area contributed by atoms with Gasteiger partial charge in [-0.25, -0.2) is 0 Å². The normalized spacial score (nSPS) is 13.7. The molecule has 0 aliphatic carbocycles. The van der Waals surface area contributed by atoms with Gasteiger partial charge in [0.15, 0.2) is 5.16 Å². The summed E-state index contributed by atoms with van der Waals surface area (Å²) in [6.07, 6.45) is 4.00. The minimum absolute atomic E-state index is 0.382. The van der Waals surface area contributed by atoms with E-state index in [1.165, 1.54) is 11.8 Å². The summed E-state index contributed by atoms with van der Waals surface area (Å²) < 4.78 is 19.1. The first-order chi connectivity index (χ1) is 17.3. The second-order valence-electron chi connectivity index (χ2n) is 8.26. The summed E-state index contributed by atoms with van der Waals surface area (Å²) in [5.74, 6) is 3.66. The molecule has 0 radical (unpaired) electrons. The van der Waals surface area contributed by atoms with E-state index in [2.05, 4.69) is 35.0 Å². The zero-order valence-electron chi connectivity index (χ0n) is 19.1. The van der Waals surface area contributed by atoms with Crippen LogP contribution in [0, 0.1) is 6.92 Å². The second kappa shape index (κ2) is 9.41. The molecular formula is C24H23N7O3S. The lowest BCUT2D eigenvalue weighted by atomic mass is 10.1. The van der Waals surface area contributed by atoms with Crippen LogP contribution < -0.4 is 4.90 Å². The summed E-state index contributed by atoms with van der Waals surface area (Å²) in [5, 5.41) is 22.5. The third-order valence-corrected chi connectivity index (χ3v) is 6.85. The maximum atomic E-state index is 6.02. The quantitative estimate of drug-likeness (QED) is 0.281. The summed E-state index contributed by atoms with van der Waals surface area (Å²) in [6, 6.07) is 13.6. The molecule has 35 heavy (non-hydrogen) atoms. The van der Waals surface area contributed by atoms with Crippen molar-refractivity contribution in [2.45, 2.75) is 37.2 Å². The molecule has 1 aliphatic heterocycles. The second-order valence-corrected chi connectivity index (χ2v) is 9.20. The molecule has 1 aromatic carbocycles. The molecule has 0 spiro atoms. The highest BCUT2D eigenvalue weighted by Crippen LogP contribution is 2.34. The third kappa shape index (κ3) is 4.34. The first-order valence-corrected chi connectivity index (χ1v) is 12.4. The van der Waals surface area contributed by atoms with Gasteiger partial charge in [0, 0.05) is 18.7 Å². The molecule has 0 N–H and O–H groups in total. The fourth-order valence-electron chi connectivity index (χ4n) is 4.19. The smallest absolute Gasteiger partial charge is 0.253 e. The number of rotatable bonds is 8. The molecule has 10 nitrogen and oxygen atoms in total. The largest absolute Gasteiger partial charge is 0.467 e. The van der Waals surface area contributed by atoms with Gasteiger partial charge in [0.1, 0.15) is 22.8 Å². The number of aromatic nitrogens is 6. The van der Waals surface area contributed by atoms with E-state index in [9.17, 15) is 0 Å². The van der Waals surface area contributed by atoms with Crippen molar-refractivity contribution in [1.82, 2.24) is 30.1 Å². The van der Waals surface area contributed by atoms with Crippen LogP contribution in [0.5, 0.6) is 0 Å². The van der Waals surface area contributed by atoms with Crippen LogP contribution in [-0.4, -0.2) is 43.2 Å². The van der Waals surface area contributed by atoms with Crippen molar-refractivity contribution in [3.63, 3.8) is 0 Å². The van der Waals surface area contributed by atoms with Gasteiger partial charge < -0.3 is 18.3 Å². The van der Waals surface area contributed by atoms with E-state index in [1.807, 2.05) is 49.4 Å². The number of furan rings is 1. The number of anilines is 1. The zero-order valence-corrected chi connectivity index (χ0v) is 19.9. The Balaban J connectivity index is 1.23. The fraction of sp³-hybridized carbons (Fsp3) is 0.292. The van der Waals surface area contributed by atoms with Gasteiger partial charge in [-0.15, -0.1) is 20.4 Å². The van der Waals surface area contributed by atoms with Crippen molar-refractivity contribution < 1.29 is 13.4 Å². The van der Waals surface area contributed by atoms with Crippen LogP contribution in [0.25, 0.3) is 22.7 Å². The van der Waals surface area contributed by atoms with Gasteiger partial charge in [-0.1, -0.05) is 47.3 Å². The molecule has 1 fully saturated rings. The van der Waals surface area contributed by atoms with E-state index in [4.69, 9.17) is 13.4 Å². The summed E-state index contributed by atoms with van der Waals surface area (Å²) in [7, 11) is 0. The Labute approximate surface area is 205 Å². The monoisotopic (exact) mass is 489 g/mol. The Bertz CT molecular complexity index is 1400. The van der Waals surface area contributed by atoms with Crippen molar-refractivity contribution in [1.29, 1.82) is 0 Å². The SMILES string of the molecule is Cc1onc(-c2ccccc2)c1-c1nnc(CSc2nnc(N3CCCC3)n2Cc2ccco2)o1. The van der Waals surface area contributed by atoms with Gasteiger partial charge in [-0.05, 0) is 31.9 Å². The molecule has 11 heteroatoms. The molecule has 178 valence electrons. The maximum Gasteiger partial charge on any atom is 0.253 e.